The molecule has 1 fully saturated rings. The summed E-state index contributed by atoms with van der Waals surface area (Å²) in [7, 11) is 0. The van der Waals surface area contributed by atoms with Gasteiger partial charge >= 0.3 is 0 Å². The first-order valence-corrected chi connectivity index (χ1v) is 12.2. The molecule has 1 aliphatic rings. The van der Waals surface area contributed by atoms with E-state index >= 15 is 0 Å². The molecule has 1 aromatic heterocycles. The van der Waals surface area contributed by atoms with E-state index in [2.05, 4.69) is 23.5 Å². The molecule has 0 aliphatic heterocycles. The van der Waals surface area contributed by atoms with Crippen LogP contribution in [-0.4, -0.2) is 40.4 Å². The molecule has 6 heteroatoms. The van der Waals surface area contributed by atoms with Crippen molar-refractivity contribution < 1.29 is 14.3 Å². The Morgan fingerprint density at radius 1 is 1.20 bits per heavy atom. The second-order valence-corrected chi connectivity index (χ2v) is 9.06. The Morgan fingerprint density at radius 3 is 2.40 bits per heavy atom. The summed E-state index contributed by atoms with van der Waals surface area (Å²) in [6, 6.07) is 2.58. The van der Waals surface area contributed by atoms with Crippen molar-refractivity contribution in [3.05, 3.63) is 84.4 Å². The third-order valence-electron chi connectivity index (χ3n) is 5.84. The lowest BCUT2D eigenvalue weighted by Crippen LogP contribution is -2.53. The van der Waals surface area contributed by atoms with Crippen LogP contribution >= 0.6 is 0 Å². The Balaban J connectivity index is 2.54. The molecule has 0 spiro atoms. The van der Waals surface area contributed by atoms with E-state index in [0.29, 0.717) is 17.0 Å². The SMILES string of the molecule is C=CC(=C(C)C)C(C(=O)NC1CCCCC1)N(C(=O)COc1ccncc1)C(C=CC)=CC(=C)C. The van der Waals surface area contributed by atoms with Gasteiger partial charge in [0.1, 0.15) is 11.8 Å². The van der Waals surface area contributed by atoms with E-state index in [0.717, 1.165) is 36.8 Å². The fourth-order valence-corrected chi connectivity index (χ4v) is 4.22. The average molecular weight is 478 g/mol. The van der Waals surface area contributed by atoms with Gasteiger partial charge in [0.15, 0.2) is 6.61 Å². The number of allylic oxidation sites excluding steroid dienone is 5. The lowest BCUT2D eigenvalue weighted by molar-refractivity contribution is -0.138. The van der Waals surface area contributed by atoms with Crippen molar-refractivity contribution in [3.8, 4) is 5.75 Å². The second-order valence-electron chi connectivity index (χ2n) is 9.06. The van der Waals surface area contributed by atoms with Crippen molar-refractivity contribution in [2.24, 2.45) is 0 Å². The number of ether oxygens (including phenoxy) is 1. The quantitative estimate of drug-likeness (QED) is 0.417. The Bertz CT molecular complexity index is 982. The molecule has 2 amide bonds. The lowest BCUT2D eigenvalue weighted by atomic mass is 9.93. The summed E-state index contributed by atoms with van der Waals surface area (Å²) in [5.41, 5.74) is 2.92. The molecule has 6 nitrogen and oxygen atoms in total. The first-order valence-electron chi connectivity index (χ1n) is 12.2. The molecule has 1 N–H and O–H groups in total. The van der Waals surface area contributed by atoms with Crippen LogP contribution < -0.4 is 10.1 Å². The van der Waals surface area contributed by atoms with E-state index < -0.39 is 6.04 Å². The van der Waals surface area contributed by atoms with E-state index in [4.69, 9.17) is 4.74 Å². The Morgan fingerprint density at radius 2 is 1.86 bits per heavy atom. The number of nitrogens with one attached hydrogen (secondary N) is 1. The van der Waals surface area contributed by atoms with Crippen LogP contribution in [0.1, 0.15) is 59.8 Å². The molecular formula is C29H39N3O3. The van der Waals surface area contributed by atoms with Gasteiger partial charge in [0.25, 0.3) is 5.91 Å². The first-order chi connectivity index (χ1) is 16.8. The molecule has 0 aromatic carbocycles. The average Bonchev–Trinajstić information content (AvgIpc) is 2.83. The van der Waals surface area contributed by atoms with Crippen LogP contribution in [0.4, 0.5) is 0 Å². The molecule has 1 saturated carbocycles. The highest BCUT2D eigenvalue weighted by molar-refractivity contribution is 5.93. The Labute approximate surface area is 210 Å². The summed E-state index contributed by atoms with van der Waals surface area (Å²) in [5, 5.41) is 3.21. The summed E-state index contributed by atoms with van der Waals surface area (Å²) in [5.74, 6) is -0.0432. The van der Waals surface area contributed by atoms with Gasteiger partial charge in [-0.25, -0.2) is 0 Å². The molecular weight excluding hydrogens is 438 g/mol. The molecule has 0 bridgehead atoms. The van der Waals surface area contributed by atoms with Gasteiger partial charge in [-0.2, -0.15) is 0 Å². The third-order valence-corrected chi connectivity index (χ3v) is 5.84. The number of pyridine rings is 1. The van der Waals surface area contributed by atoms with Crippen molar-refractivity contribution in [1.82, 2.24) is 15.2 Å². The number of carbonyl (C=O) groups is 2. The van der Waals surface area contributed by atoms with Gasteiger partial charge in [-0.1, -0.05) is 55.7 Å². The van der Waals surface area contributed by atoms with E-state index in [1.807, 2.05) is 39.8 Å². The van der Waals surface area contributed by atoms with Crippen molar-refractivity contribution in [1.29, 1.82) is 0 Å². The van der Waals surface area contributed by atoms with Gasteiger partial charge in [-0.15, -0.1) is 0 Å². The van der Waals surface area contributed by atoms with Crippen LogP contribution in [-0.2, 0) is 9.59 Å². The first kappa shape index (κ1) is 27.8. The van der Waals surface area contributed by atoms with E-state index in [-0.39, 0.29) is 24.5 Å². The van der Waals surface area contributed by atoms with Crippen LogP contribution in [0.15, 0.2) is 84.4 Å². The zero-order valence-electron chi connectivity index (χ0n) is 21.5. The van der Waals surface area contributed by atoms with E-state index in [1.54, 1.807) is 36.7 Å². The van der Waals surface area contributed by atoms with Crippen LogP contribution in [0, 0.1) is 0 Å². The number of carbonyl (C=O) groups excluding carboxylic acids is 2. The van der Waals surface area contributed by atoms with Crippen LogP contribution in [0.5, 0.6) is 5.75 Å². The largest absolute Gasteiger partial charge is 0.484 e. The number of nitrogens with zero attached hydrogens (tertiary/aromatic N) is 2. The minimum atomic E-state index is -0.894. The van der Waals surface area contributed by atoms with Crippen molar-refractivity contribution in [2.45, 2.75) is 71.9 Å². The minimum Gasteiger partial charge on any atom is -0.484 e. The molecule has 1 aromatic rings. The minimum absolute atomic E-state index is 0.0993. The normalized spacial score (nSPS) is 15.3. The number of hydrogen-bond acceptors (Lipinski definition) is 4. The molecule has 35 heavy (non-hydrogen) atoms. The van der Waals surface area contributed by atoms with Crippen LogP contribution in [0.2, 0.25) is 0 Å². The summed E-state index contributed by atoms with van der Waals surface area (Å²) < 4.78 is 5.76. The maximum atomic E-state index is 13.8. The monoisotopic (exact) mass is 477 g/mol. The molecule has 2 rings (SSSR count). The molecule has 1 heterocycles. The highest BCUT2D eigenvalue weighted by Gasteiger charge is 2.35. The predicted octanol–water partition coefficient (Wildman–Crippen LogP) is 5.67. The van der Waals surface area contributed by atoms with Gasteiger partial charge in [-0.05, 0) is 70.4 Å². The molecule has 1 atom stereocenters. The van der Waals surface area contributed by atoms with Crippen molar-refractivity contribution in [2.75, 3.05) is 6.61 Å². The zero-order chi connectivity index (χ0) is 25.8. The topological polar surface area (TPSA) is 71.5 Å². The van der Waals surface area contributed by atoms with Gasteiger partial charge in [0.2, 0.25) is 5.91 Å². The maximum absolute atomic E-state index is 13.8. The summed E-state index contributed by atoms with van der Waals surface area (Å²) in [6.07, 6.45) is 15.6. The van der Waals surface area contributed by atoms with Crippen LogP contribution in [0.3, 0.4) is 0 Å². The maximum Gasteiger partial charge on any atom is 0.265 e. The highest BCUT2D eigenvalue weighted by atomic mass is 16.5. The Hall–Kier alpha value is -3.41. The molecule has 188 valence electrons. The van der Waals surface area contributed by atoms with Gasteiger partial charge in [-0.3, -0.25) is 19.5 Å². The summed E-state index contributed by atoms with van der Waals surface area (Å²) in [4.78, 5) is 33.1. The highest BCUT2D eigenvalue weighted by Crippen LogP contribution is 2.25. The van der Waals surface area contributed by atoms with Crippen molar-refractivity contribution >= 4 is 11.8 Å². The smallest absolute Gasteiger partial charge is 0.265 e. The summed E-state index contributed by atoms with van der Waals surface area (Å²) in [6.45, 7) is 15.3. The summed E-state index contributed by atoms with van der Waals surface area (Å²) >= 11 is 0. The number of amides is 2. The predicted molar refractivity (Wildman–Crippen MR) is 142 cm³/mol. The van der Waals surface area contributed by atoms with Crippen LogP contribution in [0.25, 0.3) is 0 Å². The van der Waals surface area contributed by atoms with Crippen molar-refractivity contribution in [3.63, 3.8) is 0 Å². The third kappa shape index (κ3) is 8.39. The second kappa shape index (κ2) is 14.1. The number of hydrogen-bond donors (Lipinski definition) is 1. The van der Waals surface area contributed by atoms with Gasteiger partial charge < -0.3 is 10.1 Å². The molecule has 0 radical (unpaired) electrons. The number of aromatic nitrogens is 1. The van der Waals surface area contributed by atoms with E-state index in [9.17, 15) is 9.59 Å². The lowest BCUT2D eigenvalue weighted by Gasteiger charge is -2.35. The van der Waals surface area contributed by atoms with E-state index in [1.165, 1.54) is 11.3 Å². The molecule has 1 aliphatic carbocycles. The fourth-order valence-electron chi connectivity index (χ4n) is 4.22. The molecule has 1 unspecified atom stereocenters. The van der Waals surface area contributed by atoms with Gasteiger partial charge in [0.05, 0.1) is 0 Å². The molecule has 0 saturated heterocycles. The standard InChI is InChI=1S/C29H39N3O3/c1-7-12-24(19-21(3)4)32(27(33)20-35-25-15-17-30-18-16-25)28(26(8-2)22(5)6)29(34)31-23-13-10-9-11-14-23/h7-8,12,15-19,23,28H,2-3,9-11,13-14,20H2,1,4-6H3,(H,31,34). The fraction of sp³-hybridized carbons (Fsp3) is 0.414. The zero-order valence-corrected chi connectivity index (χ0v) is 21.5. The Kier molecular flexibility index (Phi) is 11.2. The number of rotatable bonds is 11. The van der Waals surface area contributed by atoms with Gasteiger partial charge in [0, 0.05) is 24.1 Å².